The molecule has 1 unspecified atom stereocenters. The molecule has 118 valence electrons. The van der Waals surface area contributed by atoms with Crippen molar-refractivity contribution in [2.75, 3.05) is 0 Å². The quantitative estimate of drug-likeness (QED) is 0.722. The highest BCUT2D eigenvalue weighted by Gasteiger charge is 2.32. The number of aromatic nitrogens is 2. The van der Waals surface area contributed by atoms with Crippen molar-refractivity contribution < 1.29 is 9.32 Å². The maximum Gasteiger partial charge on any atom is 0.262 e. The van der Waals surface area contributed by atoms with Gasteiger partial charge >= 0.3 is 0 Å². The van der Waals surface area contributed by atoms with Crippen LogP contribution < -0.4 is 5.32 Å². The summed E-state index contributed by atoms with van der Waals surface area (Å²) in [5.74, 6) is 1.70. The molecule has 0 radical (unpaired) electrons. The standard InChI is InChI=1S/C14H15Br2N3O2S/c1-6(2)10(14-18-12(19-21-14)7-3-4-7)17-13(20)9-5-8(15)11(16)22-9/h5-7,10H,3-4H2,1-2H3,(H,17,20). The maximum atomic E-state index is 12.4. The minimum absolute atomic E-state index is 0.138. The number of carbonyl (C=O) groups is 1. The zero-order chi connectivity index (χ0) is 15.9. The summed E-state index contributed by atoms with van der Waals surface area (Å²) in [6, 6.07) is 1.51. The predicted octanol–water partition coefficient (Wildman–Crippen LogP) is 4.66. The molecule has 2 aromatic heterocycles. The van der Waals surface area contributed by atoms with Gasteiger partial charge in [0, 0.05) is 10.4 Å². The molecule has 0 aromatic carbocycles. The highest BCUT2D eigenvalue weighted by molar-refractivity contribution is 9.13. The Labute approximate surface area is 149 Å². The summed E-state index contributed by atoms with van der Waals surface area (Å²) in [5, 5.41) is 7.03. The molecule has 22 heavy (non-hydrogen) atoms. The Morgan fingerprint density at radius 2 is 2.18 bits per heavy atom. The van der Waals surface area contributed by atoms with Gasteiger partial charge in [0.05, 0.1) is 8.66 Å². The number of nitrogens with zero attached hydrogens (tertiary/aromatic N) is 2. The van der Waals surface area contributed by atoms with E-state index in [1.54, 1.807) is 6.07 Å². The first-order valence-electron chi connectivity index (χ1n) is 7.05. The first kappa shape index (κ1) is 16.1. The van der Waals surface area contributed by atoms with Gasteiger partial charge in [0.1, 0.15) is 6.04 Å². The van der Waals surface area contributed by atoms with Gasteiger partial charge < -0.3 is 9.84 Å². The molecule has 0 spiro atoms. The molecule has 1 aliphatic rings. The lowest BCUT2D eigenvalue weighted by atomic mass is 10.0. The number of carbonyl (C=O) groups excluding carboxylic acids is 1. The maximum absolute atomic E-state index is 12.4. The fourth-order valence-corrected chi connectivity index (χ4v) is 4.00. The van der Waals surface area contributed by atoms with Gasteiger partial charge in [0.2, 0.25) is 5.89 Å². The summed E-state index contributed by atoms with van der Waals surface area (Å²) in [7, 11) is 0. The van der Waals surface area contributed by atoms with E-state index in [9.17, 15) is 4.79 Å². The van der Waals surface area contributed by atoms with Gasteiger partial charge in [-0.25, -0.2) is 0 Å². The molecule has 0 aliphatic heterocycles. The molecule has 0 bridgehead atoms. The van der Waals surface area contributed by atoms with Crippen LogP contribution in [0.15, 0.2) is 18.8 Å². The Hall–Kier alpha value is -0.730. The molecule has 1 aliphatic carbocycles. The van der Waals surface area contributed by atoms with Gasteiger partial charge in [0.25, 0.3) is 5.91 Å². The molecular formula is C14H15Br2N3O2S. The van der Waals surface area contributed by atoms with Gasteiger partial charge in [0.15, 0.2) is 5.82 Å². The molecule has 1 saturated carbocycles. The lowest BCUT2D eigenvalue weighted by Crippen LogP contribution is -2.31. The number of hydrogen-bond acceptors (Lipinski definition) is 5. The predicted molar refractivity (Wildman–Crippen MR) is 91.0 cm³/mol. The van der Waals surface area contributed by atoms with E-state index >= 15 is 0 Å². The largest absolute Gasteiger partial charge is 0.339 e. The summed E-state index contributed by atoms with van der Waals surface area (Å²) in [6.07, 6.45) is 2.24. The fraction of sp³-hybridized carbons (Fsp3) is 0.500. The number of hydrogen-bond donors (Lipinski definition) is 1. The van der Waals surface area contributed by atoms with Crippen LogP contribution in [-0.2, 0) is 0 Å². The molecule has 1 fully saturated rings. The van der Waals surface area contributed by atoms with E-state index in [-0.39, 0.29) is 17.9 Å². The Morgan fingerprint density at radius 3 is 2.73 bits per heavy atom. The first-order valence-corrected chi connectivity index (χ1v) is 9.45. The molecule has 2 aromatic rings. The molecule has 8 heteroatoms. The molecule has 5 nitrogen and oxygen atoms in total. The van der Waals surface area contributed by atoms with Crippen molar-refractivity contribution in [3.63, 3.8) is 0 Å². The van der Waals surface area contributed by atoms with E-state index in [0.717, 1.165) is 26.9 Å². The summed E-state index contributed by atoms with van der Waals surface area (Å²) in [6.45, 7) is 4.04. The summed E-state index contributed by atoms with van der Waals surface area (Å²) < 4.78 is 7.13. The summed E-state index contributed by atoms with van der Waals surface area (Å²) >= 11 is 8.18. The number of amides is 1. The van der Waals surface area contributed by atoms with Crippen molar-refractivity contribution in [1.82, 2.24) is 15.5 Å². The number of nitrogens with one attached hydrogen (secondary N) is 1. The zero-order valence-corrected chi connectivity index (χ0v) is 16.1. The molecule has 1 N–H and O–H groups in total. The molecule has 3 rings (SSSR count). The summed E-state index contributed by atoms with van der Waals surface area (Å²) in [5.41, 5.74) is 0. The van der Waals surface area contributed by atoms with Gasteiger partial charge in [-0.2, -0.15) is 4.98 Å². The van der Waals surface area contributed by atoms with Crippen LogP contribution in [0.4, 0.5) is 0 Å². The SMILES string of the molecule is CC(C)C(NC(=O)c1cc(Br)c(Br)s1)c1nc(C2CC2)no1. The van der Waals surface area contributed by atoms with Crippen LogP contribution >= 0.6 is 43.2 Å². The fourth-order valence-electron chi connectivity index (χ4n) is 2.07. The van der Waals surface area contributed by atoms with Crippen LogP contribution in [0.5, 0.6) is 0 Å². The minimum atomic E-state index is -0.285. The van der Waals surface area contributed by atoms with Gasteiger partial charge in [-0.3, -0.25) is 4.79 Å². The highest BCUT2D eigenvalue weighted by Crippen LogP contribution is 2.39. The van der Waals surface area contributed by atoms with Crippen molar-refractivity contribution in [2.24, 2.45) is 5.92 Å². The van der Waals surface area contributed by atoms with Gasteiger partial charge in [-0.1, -0.05) is 19.0 Å². The van der Waals surface area contributed by atoms with E-state index < -0.39 is 0 Å². The van der Waals surface area contributed by atoms with Crippen LogP contribution in [0, 0.1) is 5.92 Å². The third-order valence-electron chi connectivity index (χ3n) is 3.49. The van der Waals surface area contributed by atoms with Crippen molar-refractivity contribution in [1.29, 1.82) is 0 Å². The zero-order valence-electron chi connectivity index (χ0n) is 12.1. The highest BCUT2D eigenvalue weighted by atomic mass is 79.9. The lowest BCUT2D eigenvalue weighted by molar-refractivity contribution is 0.0918. The Kier molecular flexibility index (Phi) is 4.70. The van der Waals surface area contributed by atoms with Crippen LogP contribution in [0.25, 0.3) is 0 Å². The molecular weight excluding hydrogens is 434 g/mol. The van der Waals surface area contributed by atoms with Crippen LogP contribution in [0.1, 0.15) is 60.0 Å². The average molecular weight is 449 g/mol. The number of thiophene rings is 1. The Morgan fingerprint density at radius 1 is 1.45 bits per heavy atom. The Bertz CT molecular complexity index is 675. The number of halogens is 2. The van der Waals surface area contributed by atoms with E-state index in [1.165, 1.54) is 11.3 Å². The minimum Gasteiger partial charge on any atom is -0.339 e. The molecule has 0 saturated heterocycles. The van der Waals surface area contributed by atoms with Gasteiger partial charge in [-0.15, -0.1) is 11.3 Å². The summed E-state index contributed by atoms with van der Waals surface area (Å²) in [4.78, 5) is 17.5. The van der Waals surface area contributed by atoms with Gasteiger partial charge in [-0.05, 0) is 56.7 Å². The number of rotatable bonds is 5. The van der Waals surface area contributed by atoms with Crippen LogP contribution in [0.3, 0.4) is 0 Å². The van der Waals surface area contributed by atoms with Crippen molar-refractivity contribution in [2.45, 2.75) is 38.6 Å². The molecule has 1 atom stereocenters. The molecule has 2 heterocycles. The third-order valence-corrected chi connectivity index (χ3v) is 6.74. The van der Waals surface area contributed by atoms with E-state index in [0.29, 0.717) is 16.7 Å². The second-order valence-electron chi connectivity index (χ2n) is 5.69. The monoisotopic (exact) mass is 447 g/mol. The van der Waals surface area contributed by atoms with E-state index in [2.05, 4.69) is 47.3 Å². The lowest BCUT2D eigenvalue weighted by Gasteiger charge is -2.17. The van der Waals surface area contributed by atoms with E-state index in [1.807, 2.05) is 13.8 Å². The second-order valence-corrected chi connectivity index (χ2v) is 8.92. The normalized spacial score (nSPS) is 16.0. The molecule has 1 amide bonds. The van der Waals surface area contributed by atoms with Crippen molar-refractivity contribution >= 4 is 49.1 Å². The van der Waals surface area contributed by atoms with E-state index in [4.69, 9.17) is 4.52 Å². The third kappa shape index (κ3) is 3.44. The van der Waals surface area contributed by atoms with Crippen molar-refractivity contribution in [3.8, 4) is 0 Å². The smallest absolute Gasteiger partial charge is 0.262 e. The topological polar surface area (TPSA) is 68.0 Å². The first-order chi connectivity index (χ1) is 10.5. The Balaban J connectivity index is 1.77. The van der Waals surface area contributed by atoms with Crippen molar-refractivity contribution in [3.05, 3.63) is 30.9 Å². The second kappa shape index (κ2) is 6.41. The van der Waals surface area contributed by atoms with Crippen LogP contribution in [0.2, 0.25) is 0 Å². The van der Waals surface area contributed by atoms with Crippen LogP contribution in [-0.4, -0.2) is 16.0 Å². The average Bonchev–Trinajstić information content (AvgIpc) is 3.11.